The lowest BCUT2D eigenvalue weighted by Crippen LogP contribution is -1.97. The highest BCUT2D eigenvalue weighted by molar-refractivity contribution is 7.85. The number of non-ortho nitro benzene ring substituents is 1. The summed E-state index contributed by atoms with van der Waals surface area (Å²) in [7, 11) is -1.52. The van der Waals surface area contributed by atoms with Crippen LogP contribution in [0.2, 0.25) is 0 Å². The van der Waals surface area contributed by atoms with Crippen LogP contribution in [0.15, 0.2) is 29.2 Å². The molecule has 0 aliphatic rings. The molecule has 114 valence electrons. The third-order valence-electron chi connectivity index (χ3n) is 2.40. The van der Waals surface area contributed by atoms with Crippen LogP contribution >= 0.6 is 9.24 Å². The number of hydrogen-bond acceptors (Lipinski definition) is 4. The standard InChI is InChI=1S/C6H5NO5S.C6H15P/c8-7(9)5-1-3-6(4-2-5)13(10,11)12;1-2-3-4-5-6-7/h1-4H,(H,10,11,12);2-7H2,1H3. The van der Waals surface area contributed by atoms with Crippen molar-refractivity contribution in [2.45, 2.75) is 37.5 Å². The van der Waals surface area contributed by atoms with Crippen molar-refractivity contribution in [2.75, 3.05) is 6.16 Å². The highest BCUT2D eigenvalue weighted by Crippen LogP contribution is 2.14. The Hall–Kier alpha value is -1.04. The van der Waals surface area contributed by atoms with Gasteiger partial charge in [-0.2, -0.15) is 8.42 Å². The molecule has 1 aromatic rings. The van der Waals surface area contributed by atoms with Gasteiger partial charge < -0.3 is 0 Å². The molecule has 20 heavy (non-hydrogen) atoms. The Kier molecular flexibility index (Phi) is 9.29. The molecule has 1 N–H and O–H groups in total. The van der Waals surface area contributed by atoms with Gasteiger partial charge in [0.05, 0.1) is 9.82 Å². The van der Waals surface area contributed by atoms with Crippen molar-refractivity contribution in [2.24, 2.45) is 0 Å². The van der Waals surface area contributed by atoms with Crippen LogP contribution in [0.25, 0.3) is 0 Å². The lowest BCUT2D eigenvalue weighted by Gasteiger charge is -1.94. The molecule has 0 aliphatic heterocycles. The molecule has 1 aromatic carbocycles. The molecular weight excluding hydrogens is 301 g/mol. The minimum Gasteiger partial charge on any atom is -0.282 e. The van der Waals surface area contributed by atoms with Crippen LogP contribution in [-0.4, -0.2) is 24.1 Å². The van der Waals surface area contributed by atoms with E-state index in [1.165, 1.54) is 31.8 Å². The van der Waals surface area contributed by atoms with E-state index in [2.05, 4.69) is 16.2 Å². The number of unbranched alkanes of at least 4 members (excludes halogenated alkanes) is 3. The maximum atomic E-state index is 10.5. The maximum absolute atomic E-state index is 10.5. The van der Waals surface area contributed by atoms with Gasteiger partial charge in [0.15, 0.2) is 0 Å². The first-order valence-corrected chi connectivity index (χ1v) is 8.50. The fraction of sp³-hybridized carbons (Fsp3) is 0.500. The normalized spacial score (nSPS) is 10.6. The van der Waals surface area contributed by atoms with E-state index in [1.54, 1.807) is 0 Å². The average molecular weight is 321 g/mol. The molecule has 0 bridgehead atoms. The summed E-state index contributed by atoms with van der Waals surface area (Å²) in [6.45, 7) is 2.24. The van der Waals surface area contributed by atoms with Crippen LogP contribution in [0.1, 0.15) is 32.6 Å². The smallest absolute Gasteiger partial charge is 0.282 e. The molecule has 1 rings (SSSR count). The molecule has 0 amide bonds. The van der Waals surface area contributed by atoms with E-state index in [0.29, 0.717) is 0 Å². The number of nitro benzene ring substituents is 1. The number of rotatable bonds is 6. The first-order chi connectivity index (χ1) is 9.32. The van der Waals surface area contributed by atoms with Crippen molar-refractivity contribution in [3.8, 4) is 0 Å². The molecule has 0 fully saturated rings. The van der Waals surface area contributed by atoms with Gasteiger partial charge in [0.2, 0.25) is 0 Å². The summed E-state index contributed by atoms with van der Waals surface area (Å²) in [6.07, 6.45) is 6.84. The highest BCUT2D eigenvalue weighted by atomic mass is 32.2. The van der Waals surface area contributed by atoms with Crippen LogP contribution in [0, 0.1) is 10.1 Å². The summed E-state index contributed by atoms with van der Waals surface area (Å²) in [4.78, 5) is 9.13. The quantitative estimate of drug-likeness (QED) is 0.285. The molecule has 0 aliphatic carbocycles. The molecule has 0 saturated carbocycles. The zero-order valence-corrected chi connectivity index (χ0v) is 13.3. The Bertz CT molecular complexity index is 497. The van der Waals surface area contributed by atoms with Gasteiger partial charge in [-0.15, -0.1) is 9.24 Å². The van der Waals surface area contributed by atoms with Crippen molar-refractivity contribution in [3.63, 3.8) is 0 Å². The van der Waals surface area contributed by atoms with Crippen LogP contribution in [0.4, 0.5) is 5.69 Å². The van der Waals surface area contributed by atoms with Crippen molar-refractivity contribution in [3.05, 3.63) is 34.4 Å². The van der Waals surface area contributed by atoms with Gasteiger partial charge >= 0.3 is 0 Å². The largest absolute Gasteiger partial charge is 0.294 e. The number of hydrogen-bond donors (Lipinski definition) is 1. The molecule has 1 unspecified atom stereocenters. The lowest BCUT2D eigenvalue weighted by atomic mass is 10.2. The van der Waals surface area contributed by atoms with Gasteiger partial charge in [-0.3, -0.25) is 14.7 Å². The Labute approximate surface area is 121 Å². The lowest BCUT2D eigenvalue weighted by molar-refractivity contribution is -0.384. The second-order valence-electron chi connectivity index (χ2n) is 4.08. The Morgan fingerprint density at radius 3 is 2.10 bits per heavy atom. The van der Waals surface area contributed by atoms with Gasteiger partial charge in [-0.05, 0) is 24.7 Å². The summed E-state index contributed by atoms with van der Waals surface area (Å²) in [5.41, 5.74) is -0.229. The van der Waals surface area contributed by atoms with Crippen molar-refractivity contribution in [1.82, 2.24) is 0 Å². The highest BCUT2D eigenvalue weighted by Gasteiger charge is 2.11. The average Bonchev–Trinajstić information content (AvgIpc) is 2.39. The molecular formula is C12H20NO5PS. The molecule has 8 heteroatoms. The molecule has 0 saturated heterocycles. The SMILES string of the molecule is CCCCCCP.O=[N+]([O-])c1ccc(S(=O)(=O)O)cc1. The van der Waals surface area contributed by atoms with Gasteiger partial charge in [-0.25, -0.2) is 0 Å². The van der Waals surface area contributed by atoms with Crippen molar-refractivity contribution >= 4 is 25.0 Å². The minimum atomic E-state index is -4.27. The maximum Gasteiger partial charge on any atom is 0.294 e. The monoisotopic (exact) mass is 321 g/mol. The van der Waals surface area contributed by atoms with Crippen LogP contribution in [-0.2, 0) is 10.1 Å². The number of nitro groups is 1. The number of benzene rings is 1. The predicted octanol–water partition coefficient (Wildman–Crippen LogP) is 3.28. The summed E-state index contributed by atoms with van der Waals surface area (Å²) >= 11 is 0. The van der Waals surface area contributed by atoms with Crippen LogP contribution in [0.3, 0.4) is 0 Å². The Balaban J connectivity index is 0.000000441. The van der Waals surface area contributed by atoms with Gasteiger partial charge in [0.25, 0.3) is 15.8 Å². The van der Waals surface area contributed by atoms with Gasteiger partial charge in [0, 0.05) is 12.1 Å². The minimum absolute atomic E-state index is 0.229. The second kappa shape index (κ2) is 9.80. The van der Waals surface area contributed by atoms with Gasteiger partial charge in [0.1, 0.15) is 0 Å². The zero-order valence-electron chi connectivity index (χ0n) is 11.4. The number of nitrogens with zero attached hydrogens (tertiary/aromatic N) is 1. The van der Waals surface area contributed by atoms with Gasteiger partial charge in [-0.1, -0.05) is 26.2 Å². The molecule has 0 aromatic heterocycles. The Morgan fingerprint density at radius 1 is 1.20 bits per heavy atom. The van der Waals surface area contributed by atoms with E-state index in [9.17, 15) is 18.5 Å². The summed E-state index contributed by atoms with van der Waals surface area (Å²) in [5.74, 6) is 0. The molecule has 0 heterocycles. The topological polar surface area (TPSA) is 97.5 Å². The second-order valence-corrected chi connectivity index (χ2v) is 6.07. The fourth-order valence-corrected chi connectivity index (χ4v) is 2.08. The molecule has 0 radical (unpaired) electrons. The first kappa shape index (κ1) is 19.0. The third kappa shape index (κ3) is 8.19. The van der Waals surface area contributed by atoms with Crippen molar-refractivity contribution in [1.29, 1.82) is 0 Å². The molecule has 0 spiro atoms. The summed E-state index contributed by atoms with van der Waals surface area (Å²) in [6, 6.07) is 3.94. The zero-order chi connectivity index (χ0) is 15.6. The van der Waals surface area contributed by atoms with E-state index in [-0.39, 0.29) is 10.6 Å². The molecule has 1 atom stereocenters. The molecule has 6 nitrogen and oxygen atoms in total. The summed E-state index contributed by atoms with van der Waals surface area (Å²) in [5, 5.41) is 10.2. The van der Waals surface area contributed by atoms with E-state index in [0.717, 1.165) is 24.3 Å². The van der Waals surface area contributed by atoms with E-state index in [1.807, 2.05) is 0 Å². The van der Waals surface area contributed by atoms with Crippen LogP contribution in [0.5, 0.6) is 0 Å². The van der Waals surface area contributed by atoms with E-state index < -0.39 is 15.0 Å². The Morgan fingerprint density at radius 2 is 1.75 bits per heavy atom. The summed E-state index contributed by atoms with van der Waals surface area (Å²) < 4.78 is 29.5. The first-order valence-electron chi connectivity index (χ1n) is 6.25. The predicted molar refractivity (Wildman–Crippen MR) is 81.6 cm³/mol. The van der Waals surface area contributed by atoms with Crippen LogP contribution < -0.4 is 0 Å². The van der Waals surface area contributed by atoms with E-state index >= 15 is 0 Å². The van der Waals surface area contributed by atoms with E-state index in [4.69, 9.17) is 4.55 Å². The third-order valence-corrected chi connectivity index (χ3v) is 3.68. The fourth-order valence-electron chi connectivity index (χ4n) is 1.31. The van der Waals surface area contributed by atoms with Crippen molar-refractivity contribution < 1.29 is 17.9 Å².